The predicted octanol–water partition coefficient (Wildman–Crippen LogP) is 10.00. The van der Waals surface area contributed by atoms with Crippen molar-refractivity contribution in [1.82, 2.24) is 0 Å². The van der Waals surface area contributed by atoms with E-state index in [1.54, 1.807) is 0 Å². The molecule has 0 aliphatic carbocycles. The van der Waals surface area contributed by atoms with Gasteiger partial charge in [0.25, 0.3) is 0 Å². The summed E-state index contributed by atoms with van der Waals surface area (Å²) in [6, 6.07) is 0. The van der Waals surface area contributed by atoms with Crippen LogP contribution < -0.4 is 0 Å². The fraction of sp³-hybridized carbons (Fsp3) is 0.800. The van der Waals surface area contributed by atoms with Crippen molar-refractivity contribution in [3.8, 4) is 0 Å². The molecule has 0 rings (SSSR count). The van der Waals surface area contributed by atoms with Crippen LogP contribution in [0.15, 0.2) is 36.5 Å². The predicted molar refractivity (Wildman–Crippen MR) is 205 cm³/mol. The number of esters is 2. The highest BCUT2D eigenvalue weighted by Crippen LogP contribution is 2.43. The molecule has 0 aromatic carbocycles. The van der Waals surface area contributed by atoms with Crippen molar-refractivity contribution in [1.29, 1.82) is 0 Å². The highest BCUT2D eigenvalue weighted by atomic mass is 31.2. The van der Waals surface area contributed by atoms with Crippen LogP contribution in [-0.4, -0.2) is 65.7 Å². The normalized spacial score (nSPS) is 14.4. The van der Waals surface area contributed by atoms with Crippen molar-refractivity contribution in [2.24, 2.45) is 0 Å². The maximum Gasteiger partial charge on any atom is 0.472 e. The topological polar surface area (TPSA) is 149 Å². The van der Waals surface area contributed by atoms with E-state index in [0.29, 0.717) is 12.8 Å². The summed E-state index contributed by atoms with van der Waals surface area (Å²) in [5, 5.41) is 18.3. The summed E-state index contributed by atoms with van der Waals surface area (Å²) >= 11 is 0. The molecular formula is C40H73O10P. The number of allylic oxidation sites excluding steroid dienone is 6. The highest BCUT2D eigenvalue weighted by Gasteiger charge is 2.27. The van der Waals surface area contributed by atoms with Gasteiger partial charge < -0.3 is 24.6 Å². The summed E-state index contributed by atoms with van der Waals surface area (Å²) < 4.78 is 32.6. The lowest BCUT2D eigenvalue weighted by atomic mass is 10.1. The fourth-order valence-electron chi connectivity index (χ4n) is 5.12. The first kappa shape index (κ1) is 49.2. The van der Waals surface area contributed by atoms with Crippen LogP contribution in [0.4, 0.5) is 0 Å². The Morgan fingerprint density at radius 3 is 1.59 bits per heavy atom. The molecule has 1 unspecified atom stereocenters. The largest absolute Gasteiger partial charge is 0.472 e. The lowest BCUT2D eigenvalue weighted by Gasteiger charge is -2.20. The van der Waals surface area contributed by atoms with E-state index in [-0.39, 0.29) is 19.4 Å². The van der Waals surface area contributed by atoms with Crippen LogP contribution in [0.3, 0.4) is 0 Å². The second-order valence-corrected chi connectivity index (χ2v) is 14.8. The minimum atomic E-state index is -4.62. The number of rotatable bonds is 37. The molecule has 298 valence electrons. The Morgan fingerprint density at radius 1 is 0.588 bits per heavy atom. The summed E-state index contributed by atoms with van der Waals surface area (Å²) in [6.45, 7) is 2.29. The molecule has 0 spiro atoms. The zero-order chi connectivity index (χ0) is 37.7. The number of aliphatic hydroxyl groups excluding tert-OH is 2. The molecule has 11 heteroatoms. The van der Waals surface area contributed by atoms with E-state index < -0.39 is 51.8 Å². The van der Waals surface area contributed by atoms with Crippen molar-refractivity contribution in [2.45, 2.75) is 180 Å². The lowest BCUT2D eigenvalue weighted by molar-refractivity contribution is -0.161. The van der Waals surface area contributed by atoms with Crippen LogP contribution in [0.1, 0.15) is 168 Å². The fourth-order valence-corrected chi connectivity index (χ4v) is 5.91. The standard InChI is InChI=1S/C40H73O10P/c1-3-5-7-9-11-13-15-17-19-21-23-25-27-29-31-39(43)47-35-38(36-49-51(45,46)48-34-37(42)33-41)50-40(44)32-30-28-26-24-22-20-18-16-14-12-10-8-6-4-2/h9,11,15-18,37-38,41-42H,3-8,10,12-14,19-36H2,1-2H3,(H,45,46)/b11-9+,17-15+,18-16+/t37-,38+/m0/s1. The zero-order valence-electron chi connectivity index (χ0n) is 32.1. The molecule has 0 heterocycles. The summed E-state index contributed by atoms with van der Waals surface area (Å²) in [5.41, 5.74) is 0. The Balaban J connectivity index is 4.39. The van der Waals surface area contributed by atoms with Gasteiger partial charge in [0.05, 0.1) is 19.8 Å². The highest BCUT2D eigenvalue weighted by molar-refractivity contribution is 7.47. The molecule has 0 amide bonds. The van der Waals surface area contributed by atoms with Gasteiger partial charge >= 0.3 is 19.8 Å². The van der Waals surface area contributed by atoms with Crippen LogP contribution >= 0.6 is 7.82 Å². The molecule has 0 fully saturated rings. The van der Waals surface area contributed by atoms with Gasteiger partial charge in [0.15, 0.2) is 6.10 Å². The number of carbonyl (C=O) groups is 2. The monoisotopic (exact) mass is 744 g/mol. The third-order valence-electron chi connectivity index (χ3n) is 8.27. The average molecular weight is 745 g/mol. The van der Waals surface area contributed by atoms with Gasteiger partial charge in [-0.25, -0.2) is 4.57 Å². The van der Waals surface area contributed by atoms with Gasteiger partial charge in [-0.3, -0.25) is 18.6 Å². The molecule has 3 N–H and O–H groups in total. The minimum Gasteiger partial charge on any atom is -0.462 e. The first-order valence-corrected chi connectivity index (χ1v) is 21.4. The second kappa shape index (κ2) is 36.5. The Morgan fingerprint density at radius 2 is 1.04 bits per heavy atom. The molecule has 0 radical (unpaired) electrons. The molecular weight excluding hydrogens is 671 g/mol. The number of hydrogen-bond donors (Lipinski definition) is 3. The number of phosphoric ester groups is 1. The Hall–Kier alpha value is -1.81. The van der Waals surface area contributed by atoms with Gasteiger partial charge in [-0.2, -0.15) is 0 Å². The smallest absolute Gasteiger partial charge is 0.462 e. The number of aliphatic hydroxyl groups is 2. The van der Waals surface area contributed by atoms with Crippen LogP contribution in [0.2, 0.25) is 0 Å². The Labute approximate surface area is 310 Å². The molecule has 0 aliphatic rings. The lowest BCUT2D eigenvalue weighted by Crippen LogP contribution is -2.29. The molecule has 0 saturated heterocycles. The molecule has 0 saturated carbocycles. The summed E-state index contributed by atoms with van der Waals surface area (Å²) in [6.07, 6.45) is 35.4. The van der Waals surface area contributed by atoms with Crippen molar-refractivity contribution in [3.05, 3.63) is 36.5 Å². The van der Waals surface area contributed by atoms with E-state index in [4.69, 9.17) is 19.1 Å². The summed E-state index contributed by atoms with van der Waals surface area (Å²) in [5.74, 6) is -0.952. The van der Waals surface area contributed by atoms with Crippen molar-refractivity contribution >= 4 is 19.8 Å². The van der Waals surface area contributed by atoms with Gasteiger partial charge in [0.2, 0.25) is 0 Å². The zero-order valence-corrected chi connectivity index (χ0v) is 33.0. The molecule has 51 heavy (non-hydrogen) atoms. The Kier molecular flexibility index (Phi) is 35.2. The first-order valence-electron chi connectivity index (χ1n) is 19.9. The number of ether oxygens (including phenoxy) is 2. The summed E-state index contributed by atoms with van der Waals surface area (Å²) in [4.78, 5) is 34.9. The molecule has 3 atom stereocenters. The molecule has 10 nitrogen and oxygen atoms in total. The number of hydrogen-bond acceptors (Lipinski definition) is 9. The maximum absolute atomic E-state index is 12.6. The maximum atomic E-state index is 12.6. The number of phosphoric acid groups is 1. The van der Waals surface area contributed by atoms with E-state index in [0.717, 1.165) is 83.5 Å². The quantitative estimate of drug-likeness (QED) is 0.0243. The van der Waals surface area contributed by atoms with Crippen molar-refractivity contribution in [3.63, 3.8) is 0 Å². The van der Waals surface area contributed by atoms with Crippen LogP contribution in [0, 0.1) is 0 Å². The van der Waals surface area contributed by atoms with E-state index in [1.807, 2.05) is 0 Å². The third kappa shape index (κ3) is 36.3. The second-order valence-electron chi connectivity index (χ2n) is 13.3. The molecule has 0 aliphatic heterocycles. The van der Waals surface area contributed by atoms with Crippen molar-refractivity contribution < 1.29 is 47.8 Å². The van der Waals surface area contributed by atoms with Gasteiger partial charge in [-0.05, 0) is 64.2 Å². The van der Waals surface area contributed by atoms with Crippen LogP contribution in [0.5, 0.6) is 0 Å². The van der Waals surface area contributed by atoms with Gasteiger partial charge in [0, 0.05) is 12.8 Å². The Bertz CT molecular complexity index is 952. The summed E-state index contributed by atoms with van der Waals surface area (Å²) in [7, 11) is -4.62. The van der Waals surface area contributed by atoms with Crippen LogP contribution in [0.25, 0.3) is 0 Å². The van der Waals surface area contributed by atoms with Gasteiger partial charge in [0.1, 0.15) is 12.7 Å². The van der Waals surface area contributed by atoms with Crippen LogP contribution in [-0.2, 0) is 32.7 Å². The molecule has 0 aromatic heterocycles. The average Bonchev–Trinajstić information content (AvgIpc) is 3.12. The van der Waals surface area contributed by atoms with Gasteiger partial charge in [-0.1, -0.05) is 127 Å². The molecule has 0 bridgehead atoms. The van der Waals surface area contributed by atoms with E-state index in [9.17, 15) is 24.2 Å². The van der Waals surface area contributed by atoms with E-state index in [2.05, 4.69) is 54.8 Å². The SMILES string of the molecule is CCCC/C=C/C/C=C/CCCCCCCC(=O)OC[C@H](COP(=O)(O)OC[C@@H](O)CO)OC(=O)CCCCCCC/C=C/CCCCCCC. The van der Waals surface area contributed by atoms with E-state index in [1.165, 1.54) is 44.9 Å². The first-order chi connectivity index (χ1) is 24.7. The number of unbranched alkanes of at least 4 members (excludes halogenated alkanes) is 17. The van der Waals surface area contributed by atoms with Crippen molar-refractivity contribution in [2.75, 3.05) is 26.4 Å². The van der Waals surface area contributed by atoms with Gasteiger partial charge in [-0.15, -0.1) is 0 Å². The molecule has 0 aromatic rings. The minimum absolute atomic E-state index is 0.171. The van der Waals surface area contributed by atoms with E-state index >= 15 is 0 Å². The third-order valence-corrected chi connectivity index (χ3v) is 9.22. The number of carbonyl (C=O) groups excluding carboxylic acids is 2.